The molecule has 1 aromatic heterocycles. The smallest absolute Gasteiger partial charge is 0.0997 e. The molecule has 0 aliphatic carbocycles. The Balaban J connectivity index is 1.92. The van der Waals surface area contributed by atoms with Crippen molar-refractivity contribution < 1.29 is 5.11 Å². The van der Waals surface area contributed by atoms with Gasteiger partial charge < -0.3 is 10.4 Å². The van der Waals surface area contributed by atoms with Crippen LogP contribution in [-0.4, -0.2) is 26.1 Å². The zero-order valence-electron chi connectivity index (χ0n) is 12.1. The highest BCUT2D eigenvalue weighted by atomic mass is 35.5. The van der Waals surface area contributed by atoms with Gasteiger partial charge in [0.05, 0.1) is 17.3 Å². The van der Waals surface area contributed by atoms with Crippen molar-refractivity contribution in [3.05, 3.63) is 46.7 Å². The second kappa shape index (κ2) is 5.40. The third-order valence-corrected chi connectivity index (χ3v) is 4.25. The minimum atomic E-state index is -0.905. The van der Waals surface area contributed by atoms with E-state index in [1.807, 2.05) is 37.5 Å². The summed E-state index contributed by atoms with van der Waals surface area (Å²) in [5.74, 6) is 0. The molecule has 1 fully saturated rings. The van der Waals surface area contributed by atoms with Crippen molar-refractivity contribution in [2.45, 2.75) is 37.5 Å². The zero-order chi connectivity index (χ0) is 15.0. The summed E-state index contributed by atoms with van der Waals surface area (Å²) in [5, 5.41) is 23.4. The SMILES string of the molecule is C[C@H]1C[C@@](O)(c2cccc(Cl)c2)C[C@@H](c2cn(C)nn2)N1. The Bertz CT molecular complexity index is 644. The first-order chi connectivity index (χ1) is 9.96. The van der Waals surface area contributed by atoms with Crippen LogP contribution in [0.3, 0.4) is 0 Å². The van der Waals surface area contributed by atoms with Crippen molar-refractivity contribution in [2.75, 3.05) is 0 Å². The summed E-state index contributed by atoms with van der Waals surface area (Å²) < 4.78 is 1.68. The summed E-state index contributed by atoms with van der Waals surface area (Å²) in [6.07, 6.45) is 3.08. The van der Waals surface area contributed by atoms with E-state index in [1.165, 1.54) is 0 Å². The number of nitrogens with zero attached hydrogens (tertiary/aromatic N) is 3. The molecule has 0 spiro atoms. The van der Waals surface area contributed by atoms with E-state index >= 15 is 0 Å². The van der Waals surface area contributed by atoms with Gasteiger partial charge in [-0.3, -0.25) is 4.68 Å². The van der Waals surface area contributed by atoms with Gasteiger partial charge in [-0.25, -0.2) is 0 Å². The average molecular weight is 307 g/mol. The number of piperidine rings is 1. The lowest BCUT2D eigenvalue weighted by Gasteiger charge is -2.40. The highest BCUT2D eigenvalue weighted by molar-refractivity contribution is 6.30. The number of rotatable bonds is 2. The van der Waals surface area contributed by atoms with Crippen molar-refractivity contribution in [1.29, 1.82) is 0 Å². The largest absolute Gasteiger partial charge is 0.385 e. The molecule has 3 rings (SSSR count). The van der Waals surface area contributed by atoms with E-state index in [0.717, 1.165) is 11.3 Å². The van der Waals surface area contributed by atoms with E-state index in [4.69, 9.17) is 11.6 Å². The normalized spacial score (nSPS) is 29.5. The van der Waals surface area contributed by atoms with Crippen LogP contribution in [0.1, 0.15) is 37.1 Å². The Morgan fingerprint density at radius 1 is 1.43 bits per heavy atom. The van der Waals surface area contributed by atoms with Gasteiger partial charge in [0.25, 0.3) is 0 Å². The van der Waals surface area contributed by atoms with E-state index in [-0.39, 0.29) is 12.1 Å². The lowest BCUT2D eigenvalue weighted by molar-refractivity contribution is -0.0235. The Kier molecular flexibility index (Phi) is 3.73. The van der Waals surface area contributed by atoms with E-state index in [0.29, 0.717) is 17.9 Å². The van der Waals surface area contributed by atoms with Gasteiger partial charge in [0.2, 0.25) is 0 Å². The number of nitrogens with one attached hydrogen (secondary N) is 1. The first kappa shape index (κ1) is 14.5. The van der Waals surface area contributed by atoms with Crippen molar-refractivity contribution in [3.8, 4) is 0 Å². The zero-order valence-corrected chi connectivity index (χ0v) is 12.9. The molecule has 0 amide bonds. The van der Waals surface area contributed by atoms with Gasteiger partial charge >= 0.3 is 0 Å². The van der Waals surface area contributed by atoms with Crippen LogP contribution >= 0.6 is 11.6 Å². The van der Waals surface area contributed by atoms with Crippen molar-refractivity contribution in [1.82, 2.24) is 20.3 Å². The summed E-state index contributed by atoms with van der Waals surface area (Å²) in [6, 6.07) is 7.62. The Morgan fingerprint density at radius 2 is 2.24 bits per heavy atom. The van der Waals surface area contributed by atoms with Crippen LogP contribution in [0.4, 0.5) is 0 Å². The van der Waals surface area contributed by atoms with Gasteiger partial charge in [-0.1, -0.05) is 28.9 Å². The van der Waals surface area contributed by atoms with Gasteiger partial charge in [-0.2, -0.15) is 0 Å². The second-order valence-electron chi connectivity index (χ2n) is 5.89. The van der Waals surface area contributed by atoms with Crippen LogP contribution in [0, 0.1) is 0 Å². The fraction of sp³-hybridized carbons (Fsp3) is 0.467. The fourth-order valence-electron chi connectivity index (χ4n) is 3.12. The lowest BCUT2D eigenvalue weighted by Crippen LogP contribution is -2.47. The molecule has 0 radical (unpaired) electrons. The molecule has 0 bridgehead atoms. The molecule has 1 aliphatic rings. The van der Waals surface area contributed by atoms with Crippen LogP contribution in [0.5, 0.6) is 0 Å². The monoisotopic (exact) mass is 306 g/mol. The van der Waals surface area contributed by atoms with Crippen LogP contribution in [0.25, 0.3) is 0 Å². The number of hydrogen-bond acceptors (Lipinski definition) is 4. The van der Waals surface area contributed by atoms with Gasteiger partial charge in [-0.15, -0.1) is 5.10 Å². The molecule has 6 heteroatoms. The Hall–Kier alpha value is -1.43. The standard InChI is InChI=1S/C15H19ClN4O/c1-10-7-15(21,11-4-3-5-12(16)6-11)8-13(17-10)14-9-20(2)19-18-14/h3-6,9-10,13,17,21H,7-8H2,1-2H3/t10-,13-,15-/m0/s1. The van der Waals surface area contributed by atoms with Crippen molar-refractivity contribution >= 4 is 11.6 Å². The molecule has 3 atom stereocenters. The van der Waals surface area contributed by atoms with Gasteiger partial charge in [0.1, 0.15) is 0 Å². The molecule has 2 aromatic rings. The number of aryl methyl sites for hydroxylation is 1. The molecule has 0 unspecified atom stereocenters. The molecule has 112 valence electrons. The number of benzene rings is 1. The minimum Gasteiger partial charge on any atom is -0.385 e. The number of hydrogen-bond donors (Lipinski definition) is 2. The first-order valence-electron chi connectivity index (χ1n) is 7.07. The van der Waals surface area contributed by atoms with E-state index in [2.05, 4.69) is 22.6 Å². The molecule has 1 saturated heterocycles. The third kappa shape index (κ3) is 2.95. The molecular formula is C15H19ClN4O. The molecule has 2 N–H and O–H groups in total. The lowest BCUT2D eigenvalue weighted by atomic mass is 9.78. The predicted octanol–water partition coefficient (Wildman–Crippen LogP) is 2.17. The minimum absolute atomic E-state index is 0.0218. The second-order valence-corrected chi connectivity index (χ2v) is 6.32. The topological polar surface area (TPSA) is 63.0 Å². The third-order valence-electron chi connectivity index (χ3n) is 4.01. The molecule has 1 aliphatic heterocycles. The summed E-state index contributed by atoms with van der Waals surface area (Å²) in [4.78, 5) is 0. The maximum atomic E-state index is 11.1. The molecule has 0 saturated carbocycles. The Morgan fingerprint density at radius 3 is 2.90 bits per heavy atom. The van der Waals surface area contributed by atoms with Crippen molar-refractivity contribution in [2.24, 2.45) is 7.05 Å². The number of aliphatic hydroxyl groups is 1. The highest BCUT2D eigenvalue weighted by Crippen LogP contribution is 2.40. The van der Waals surface area contributed by atoms with Gasteiger partial charge in [0, 0.05) is 30.7 Å². The van der Waals surface area contributed by atoms with Gasteiger partial charge in [0.15, 0.2) is 0 Å². The van der Waals surface area contributed by atoms with E-state index in [1.54, 1.807) is 4.68 Å². The molecule has 2 heterocycles. The van der Waals surface area contributed by atoms with Crippen LogP contribution in [0.15, 0.2) is 30.5 Å². The molecule has 1 aromatic carbocycles. The average Bonchev–Trinajstić information content (AvgIpc) is 2.84. The van der Waals surface area contributed by atoms with Crippen LogP contribution in [-0.2, 0) is 12.6 Å². The van der Waals surface area contributed by atoms with Crippen LogP contribution < -0.4 is 5.32 Å². The summed E-state index contributed by atoms with van der Waals surface area (Å²) in [6.45, 7) is 2.07. The highest BCUT2D eigenvalue weighted by Gasteiger charge is 2.40. The van der Waals surface area contributed by atoms with E-state index in [9.17, 15) is 5.11 Å². The molecule has 21 heavy (non-hydrogen) atoms. The fourth-order valence-corrected chi connectivity index (χ4v) is 3.31. The van der Waals surface area contributed by atoms with E-state index < -0.39 is 5.60 Å². The summed E-state index contributed by atoms with van der Waals surface area (Å²) in [7, 11) is 1.84. The Labute approximate surface area is 128 Å². The van der Waals surface area contributed by atoms with Crippen molar-refractivity contribution in [3.63, 3.8) is 0 Å². The number of aromatic nitrogens is 3. The maximum Gasteiger partial charge on any atom is 0.0997 e. The first-order valence-corrected chi connectivity index (χ1v) is 7.45. The predicted molar refractivity (Wildman–Crippen MR) is 80.9 cm³/mol. The van der Waals surface area contributed by atoms with Crippen LogP contribution in [0.2, 0.25) is 5.02 Å². The molecular weight excluding hydrogens is 288 g/mol. The summed E-state index contributed by atoms with van der Waals surface area (Å²) in [5.41, 5.74) is 0.805. The maximum absolute atomic E-state index is 11.1. The quantitative estimate of drug-likeness (QED) is 0.892. The summed E-state index contributed by atoms with van der Waals surface area (Å²) >= 11 is 6.07. The molecule has 5 nitrogen and oxygen atoms in total. The van der Waals surface area contributed by atoms with Gasteiger partial charge in [-0.05, 0) is 31.0 Å². The number of halogens is 1.